The summed E-state index contributed by atoms with van der Waals surface area (Å²) in [4.78, 5) is 0. The van der Waals surface area contributed by atoms with E-state index in [0.717, 1.165) is 0 Å². The van der Waals surface area contributed by atoms with Gasteiger partial charge in [0.2, 0.25) is 0 Å². The van der Waals surface area contributed by atoms with Crippen molar-refractivity contribution in [1.29, 1.82) is 0 Å². The van der Waals surface area contributed by atoms with Crippen LogP contribution in [0.25, 0.3) is 0 Å². The molecule has 0 aromatic heterocycles. The minimum atomic E-state index is -1.38. The van der Waals surface area contributed by atoms with Gasteiger partial charge in [-0.15, -0.1) is 0 Å². The summed E-state index contributed by atoms with van der Waals surface area (Å²) in [5.41, 5.74) is 0. The summed E-state index contributed by atoms with van der Waals surface area (Å²) in [7, 11) is 0. The van der Waals surface area contributed by atoms with Crippen LogP contribution in [0.3, 0.4) is 0 Å². The summed E-state index contributed by atoms with van der Waals surface area (Å²) in [6, 6.07) is 0. The first-order valence-corrected chi connectivity index (χ1v) is 4.83. The minimum absolute atomic E-state index is 0.267. The monoisotopic (exact) mass is 221 g/mol. The minimum Gasteiger partial charge on any atom is -0.394 e. The molecule has 6 heteroatoms. The highest BCUT2D eigenvalue weighted by atomic mass is 16.7. The highest BCUT2D eigenvalue weighted by Gasteiger charge is 2.43. The first-order chi connectivity index (χ1) is 7.11. The van der Waals surface area contributed by atoms with Crippen molar-refractivity contribution in [2.45, 2.75) is 37.1 Å². The first kappa shape index (κ1) is 12.8. The lowest BCUT2D eigenvalue weighted by molar-refractivity contribution is -0.300. The molecule has 5 atom stereocenters. The fourth-order valence-electron chi connectivity index (χ4n) is 1.40. The molecule has 15 heavy (non-hydrogen) atoms. The highest BCUT2D eigenvalue weighted by molar-refractivity contribution is 4.88. The normalized spacial score (nSPS) is 41.8. The molecule has 0 bridgehead atoms. The van der Waals surface area contributed by atoms with Gasteiger partial charge in [0.25, 0.3) is 0 Å². The molecule has 0 aromatic carbocycles. The topological polar surface area (TPSA) is 99.4 Å². The predicted octanol–water partition coefficient (Wildman–Crippen LogP) is -1.97. The summed E-state index contributed by atoms with van der Waals surface area (Å²) in [5.74, 6) is 0. The van der Waals surface area contributed by atoms with Crippen molar-refractivity contribution in [3.8, 4) is 0 Å². The molecule has 1 fully saturated rings. The van der Waals surface area contributed by atoms with Crippen LogP contribution in [-0.4, -0.2) is 64.3 Å². The van der Waals surface area contributed by atoms with Crippen LogP contribution in [0.4, 0.5) is 0 Å². The molecule has 1 radical (unpaired) electrons. The second kappa shape index (κ2) is 5.74. The lowest BCUT2D eigenvalue weighted by atomic mass is 9.99. The van der Waals surface area contributed by atoms with E-state index in [1.165, 1.54) is 0 Å². The van der Waals surface area contributed by atoms with Crippen LogP contribution in [0.1, 0.15) is 6.42 Å². The molecule has 4 N–H and O–H groups in total. The van der Waals surface area contributed by atoms with Crippen molar-refractivity contribution in [2.24, 2.45) is 0 Å². The number of ether oxygens (including phenoxy) is 2. The van der Waals surface area contributed by atoms with Gasteiger partial charge in [0.1, 0.15) is 24.4 Å². The number of hydrogen-bond acceptors (Lipinski definition) is 6. The molecule has 89 valence electrons. The Balaban J connectivity index is 2.57. The molecule has 0 aromatic rings. The van der Waals surface area contributed by atoms with Gasteiger partial charge in [0.05, 0.1) is 6.61 Å². The molecule has 1 aliphatic rings. The maximum atomic E-state index is 9.49. The van der Waals surface area contributed by atoms with E-state index < -0.39 is 37.3 Å². The third-order valence-corrected chi connectivity index (χ3v) is 2.27. The summed E-state index contributed by atoms with van der Waals surface area (Å²) in [6.45, 7) is 3.36. The molecule has 1 rings (SSSR count). The van der Waals surface area contributed by atoms with Crippen LogP contribution in [0.5, 0.6) is 0 Å². The van der Waals surface area contributed by atoms with Crippen molar-refractivity contribution >= 4 is 0 Å². The third-order valence-electron chi connectivity index (χ3n) is 2.27. The van der Waals surface area contributed by atoms with Crippen LogP contribution in [-0.2, 0) is 9.47 Å². The lowest BCUT2D eigenvalue weighted by Crippen LogP contribution is -2.59. The van der Waals surface area contributed by atoms with Crippen LogP contribution < -0.4 is 0 Å². The van der Waals surface area contributed by atoms with E-state index in [4.69, 9.17) is 14.6 Å². The summed E-state index contributed by atoms with van der Waals surface area (Å²) in [5, 5.41) is 37.2. The Morgan fingerprint density at radius 2 is 1.80 bits per heavy atom. The highest BCUT2D eigenvalue weighted by Crippen LogP contribution is 2.21. The molecular weight excluding hydrogens is 204 g/mol. The molecule has 1 heterocycles. The fraction of sp³-hybridized carbons (Fsp3) is 0.889. The largest absolute Gasteiger partial charge is 0.394 e. The zero-order valence-electron chi connectivity index (χ0n) is 8.32. The molecule has 0 aliphatic carbocycles. The maximum absolute atomic E-state index is 9.49. The first-order valence-electron chi connectivity index (χ1n) is 4.83. The van der Waals surface area contributed by atoms with Gasteiger partial charge in [0.15, 0.2) is 6.29 Å². The van der Waals surface area contributed by atoms with Gasteiger partial charge >= 0.3 is 0 Å². The molecule has 0 saturated carbocycles. The Morgan fingerprint density at radius 3 is 2.33 bits per heavy atom. The molecule has 0 amide bonds. The van der Waals surface area contributed by atoms with E-state index in [-0.39, 0.29) is 6.61 Å². The van der Waals surface area contributed by atoms with E-state index in [2.05, 4.69) is 6.92 Å². The van der Waals surface area contributed by atoms with Crippen LogP contribution in [0.2, 0.25) is 0 Å². The maximum Gasteiger partial charge on any atom is 0.186 e. The Bertz CT molecular complexity index is 185. The molecule has 6 nitrogen and oxygen atoms in total. The zero-order chi connectivity index (χ0) is 11.4. The lowest BCUT2D eigenvalue weighted by Gasteiger charge is -2.39. The summed E-state index contributed by atoms with van der Waals surface area (Å²) >= 11 is 0. The summed E-state index contributed by atoms with van der Waals surface area (Å²) in [6.07, 6.45) is -5.51. The van der Waals surface area contributed by atoms with E-state index in [9.17, 15) is 15.3 Å². The Kier molecular flexibility index (Phi) is 4.91. The average Bonchev–Trinajstić information content (AvgIpc) is 2.25. The van der Waals surface area contributed by atoms with Crippen LogP contribution in [0.15, 0.2) is 0 Å². The van der Waals surface area contributed by atoms with Crippen LogP contribution >= 0.6 is 0 Å². The molecule has 0 spiro atoms. The van der Waals surface area contributed by atoms with Crippen molar-refractivity contribution in [1.82, 2.24) is 0 Å². The molecule has 1 saturated heterocycles. The standard InChI is InChI=1S/C9H17O6/c1-2-3-14-9-8(13)7(12)6(11)5(4-10)15-9/h5-13H,1-4H2/t5-,6-,7+,8-,9-/m1/s1. The van der Waals surface area contributed by atoms with Crippen molar-refractivity contribution in [2.75, 3.05) is 13.2 Å². The van der Waals surface area contributed by atoms with Crippen LogP contribution in [0, 0.1) is 6.92 Å². The quantitative estimate of drug-likeness (QED) is 0.439. The molecule has 1 aliphatic heterocycles. The van der Waals surface area contributed by atoms with Crippen molar-refractivity contribution < 1.29 is 29.9 Å². The van der Waals surface area contributed by atoms with Gasteiger partial charge in [-0.3, -0.25) is 0 Å². The molecular formula is C9H17O6. The Hall–Kier alpha value is -0.240. The van der Waals surface area contributed by atoms with Crippen molar-refractivity contribution in [3.05, 3.63) is 6.92 Å². The second-order valence-corrected chi connectivity index (χ2v) is 3.42. The van der Waals surface area contributed by atoms with E-state index >= 15 is 0 Å². The number of aliphatic hydroxyl groups excluding tert-OH is 4. The van der Waals surface area contributed by atoms with Crippen molar-refractivity contribution in [3.63, 3.8) is 0 Å². The van der Waals surface area contributed by atoms with Gasteiger partial charge in [-0.2, -0.15) is 0 Å². The average molecular weight is 221 g/mol. The smallest absolute Gasteiger partial charge is 0.186 e. The second-order valence-electron chi connectivity index (χ2n) is 3.42. The Labute approximate surface area is 88.1 Å². The van der Waals surface area contributed by atoms with E-state index in [1.54, 1.807) is 0 Å². The van der Waals surface area contributed by atoms with E-state index in [0.29, 0.717) is 6.42 Å². The SMILES string of the molecule is [CH2]CCO[C@@H]1O[C@H](CO)[C@@H](O)[C@H](O)[C@H]1O. The molecule has 0 unspecified atom stereocenters. The van der Waals surface area contributed by atoms with Gasteiger partial charge in [0, 0.05) is 6.61 Å². The third kappa shape index (κ3) is 2.87. The zero-order valence-corrected chi connectivity index (χ0v) is 8.32. The number of aliphatic hydroxyl groups is 4. The number of rotatable bonds is 4. The predicted molar refractivity (Wildman–Crippen MR) is 49.7 cm³/mol. The van der Waals surface area contributed by atoms with Gasteiger partial charge < -0.3 is 29.9 Å². The van der Waals surface area contributed by atoms with Gasteiger partial charge in [-0.05, 0) is 6.42 Å². The Morgan fingerprint density at radius 1 is 1.13 bits per heavy atom. The fourth-order valence-corrected chi connectivity index (χ4v) is 1.40. The van der Waals surface area contributed by atoms with Gasteiger partial charge in [-0.25, -0.2) is 0 Å². The summed E-state index contributed by atoms with van der Waals surface area (Å²) < 4.78 is 10.2. The van der Waals surface area contributed by atoms with Gasteiger partial charge in [-0.1, -0.05) is 6.92 Å². The number of hydrogen-bond donors (Lipinski definition) is 4. The van der Waals surface area contributed by atoms with E-state index in [1.807, 2.05) is 0 Å².